The van der Waals surface area contributed by atoms with E-state index in [1.54, 1.807) is 61.7 Å². The van der Waals surface area contributed by atoms with Gasteiger partial charge in [0.1, 0.15) is 30.5 Å². The van der Waals surface area contributed by atoms with E-state index < -0.39 is 11.9 Å². The molecule has 3 aliphatic heterocycles. The summed E-state index contributed by atoms with van der Waals surface area (Å²) in [7, 11) is 1.56. The highest BCUT2D eigenvalue weighted by Gasteiger charge is 2.39. The number of aromatic amines is 1. The molecule has 1 N–H and O–H groups in total. The van der Waals surface area contributed by atoms with Crippen molar-refractivity contribution in [3.63, 3.8) is 0 Å². The molecule has 194 valence electrons. The number of methoxy groups -OCH3 is 1. The molecule has 0 saturated carbocycles. The molecule has 4 aromatic rings. The van der Waals surface area contributed by atoms with Crippen molar-refractivity contribution in [1.82, 2.24) is 4.98 Å². The van der Waals surface area contributed by atoms with Gasteiger partial charge in [-0.25, -0.2) is 0 Å². The number of ketones is 1. The zero-order valence-corrected chi connectivity index (χ0v) is 20.7. The first-order valence-corrected chi connectivity index (χ1v) is 12.4. The number of rotatable bonds is 3. The van der Waals surface area contributed by atoms with Crippen molar-refractivity contribution in [2.45, 2.75) is 12.3 Å². The molecule has 0 bridgehead atoms. The van der Waals surface area contributed by atoms with Gasteiger partial charge in [-0.3, -0.25) is 14.4 Å². The summed E-state index contributed by atoms with van der Waals surface area (Å²) in [4.78, 5) is 42.0. The lowest BCUT2D eigenvalue weighted by Gasteiger charge is -2.26. The molecule has 0 amide bonds. The maximum atomic E-state index is 13.4. The highest BCUT2D eigenvalue weighted by atomic mass is 16.6. The largest absolute Gasteiger partial charge is 0.497 e. The second-order valence-corrected chi connectivity index (χ2v) is 9.43. The number of pyridine rings is 1. The van der Waals surface area contributed by atoms with Crippen molar-refractivity contribution in [2.24, 2.45) is 0 Å². The van der Waals surface area contributed by atoms with Gasteiger partial charge in [-0.05, 0) is 60.2 Å². The predicted molar refractivity (Wildman–Crippen MR) is 140 cm³/mol. The van der Waals surface area contributed by atoms with E-state index in [-0.39, 0.29) is 35.0 Å². The number of ether oxygens (including phenoxy) is 5. The molecule has 3 aliphatic rings. The lowest BCUT2D eigenvalue weighted by molar-refractivity contribution is -0.135. The minimum absolute atomic E-state index is 0.0826. The molecule has 0 aliphatic carbocycles. The highest BCUT2D eigenvalue weighted by molar-refractivity contribution is 6.15. The molecule has 4 heterocycles. The summed E-state index contributed by atoms with van der Waals surface area (Å²) in [6.07, 6.45) is 1.55. The number of allylic oxidation sites excluding steroid dienone is 1. The van der Waals surface area contributed by atoms with Crippen molar-refractivity contribution in [3.05, 3.63) is 93.0 Å². The normalized spacial score (nSPS) is 18.4. The maximum absolute atomic E-state index is 13.4. The van der Waals surface area contributed by atoms with E-state index in [9.17, 15) is 14.4 Å². The fourth-order valence-corrected chi connectivity index (χ4v) is 5.26. The molecule has 0 spiro atoms. The van der Waals surface area contributed by atoms with Crippen molar-refractivity contribution in [2.75, 3.05) is 20.3 Å². The number of fused-ring (bicyclic) bond motifs is 5. The molecule has 7 rings (SSSR count). The van der Waals surface area contributed by atoms with Crippen LogP contribution in [0.4, 0.5) is 0 Å². The van der Waals surface area contributed by atoms with Crippen LogP contribution in [-0.2, 0) is 4.79 Å². The number of carbonyl (C=O) groups excluding carboxylic acids is 2. The molecule has 9 nitrogen and oxygen atoms in total. The van der Waals surface area contributed by atoms with Crippen LogP contribution in [0.2, 0.25) is 0 Å². The molecule has 0 saturated heterocycles. The standard InChI is InChI=1S/C30H21NO8/c1-35-17-3-5-21-16(12-17)13-20(30(34)31-21)19-14-26(32)38-23-7-4-18-28(33)25(39-29(18)27(19)23)11-15-2-6-22-24(10-15)37-9-8-36-22/h2-7,10-13,19H,8-9,14H2,1H3,(H,31,34)/b25-11-. The number of nitrogens with one attached hydrogen (secondary N) is 1. The van der Waals surface area contributed by atoms with Crippen LogP contribution in [0.3, 0.4) is 0 Å². The lowest BCUT2D eigenvalue weighted by atomic mass is 9.85. The molecule has 9 heteroatoms. The van der Waals surface area contributed by atoms with Crippen LogP contribution in [0.1, 0.15) is 39.4 Å². The third-order valence-electron chi connectivity index (χ3n) is 7.10. The van der Waals surface area contributed by atoms with Crippen LogP contribution in [-0.4, -0.2) is 37.1 Å². The average Bonchev–Trinajstić information content (AvgIpc) is 3.26. The Labute approximate surface area is 221 Å². The fraction of sp³-hybridized carbons (Fsp3) is 0.167. The number of hydrogen-bond donors (Lipinski definition) is 1. The van der Waals surface area contributed by atoms with Crippen molar-refractivity contribution < 1.29 is 33.3 Å². The van der Waals surface area contributed by atoms with Crippen LogP contribution < -0.4 is 29.2 Å². The van der Waals surface area contributed by atoms with Gasteiger partial charge in [0.15, 0.2) is 17.3 Å². The first kappa shape index (κ1) is 23.1. The number of Topliss-reactive ketones (excluding diaryl/α,β-unsaturated/α-hetero) is 1. The van der Waals surface area contributed by atoms with Gasteiger partial charge in [-0.15, -0.1) is 0 Å². The Hall–Kier alpha value is -5.05. The van der Waals surface area contributed by atoms with Crippen molar-refractivity contribution >= 4 is 28.7 Å². The molecule has 0 radical (unpaired) electrons. The van der Waals surface area contributed by atoms with Gasteiger partial charge < -0.3 is 28.7 Å². The summed E-state index contributed by atoms with van der Waals surface area (Å²) in [5.74, 6) is 1.05. The third kappa shape index (κ3) is 3.82. The molecule has 0 fully saturated rings. The Balaban J connectivity index is 1.33. The van der Waals surface area contributed by atoms with E-state index in [2.05, 4.69) is 4.98 Å². The average molecular weight is 523 g/mol. The quantitative estimate of drug-likeness (QED) is 0.239. The summed E-state index contributed by atoms with van der Waals surface area (Å²) in [6.45, 7) is 0.926. The molecular formula is C30H21NO8. The van der Waals surface area contributed by atoms with Gasteiger partial charge >= 0.3 is 5.97 Å². The van der Waals surface area contributed by atoms with Crippen LogP contribution in [0, 0.1) is 0 Å². The SMILES string of the molecule is COc1ccc2[nH]c(=O)c(C3CC(=O)Oc4ccc5c(c43)O/C(=C\c3ccc4c(c3)OCCO4)C5=O)cc2c1. The van der Waals surface area contributed by atoms with Gasteiger partial charge in [-0.1, -0.05) is 6.07 Å². The van der Waals surface area contributed by atoms with E-state index in [0.29, 0.717) is 58.2 Å². The Morgan fingerprint density at radius 3 is 2.56 bits per heavy atom. The Bertz CT molecular complexity index is 1800. The zero-order chi connectivity index (χ0) is 26.7. The van der Waals surface area contributed by atoms with Gasteiger partial charge in [0.2, 0.25) is 5.78 Å². The summed E-state index contributed by atoms with van der Waals surface area (Å²) in [5.41, 5.74) is 2.18. The second kappa shape index (κ2) is 8.76. The Kier molecular flexibility index (Phi) is 5.19. The number of aromatic nitrogens is 1. The molecule has 3 aromatic carbocycles. The highest BCUT2D eigenvalue weighted by Crippen LogP contribution is 2.48. The second-order valence-electron chi connectivity index (χ2n) is 9.43. The molecular weight excluding hydrogens is 502 g/mol. The van der Waals surface area contributed by atoms with Gasteiger partial charge in [0, 0.05) is 27.9 Å². The summed E-state index contributed by atoms with van der Waals surface area (Å²) < 4.78 is 28.2. The van der Waals surface area contributed by atoms with Crippen molar-refractivity contribution in [3.8, 4) is 28.7 Å². The van der Waals surface area contributed by atoms with E-state index >= 15 is 0 Å². The first-order valence-electron chi connectivity index (χ1n) is 12.4. The maximum Gasteiger partial charge on any atom is 0.312 e. The van der Waals surface area contributed by atoms with Gasteiger partial charge in [0.25, 0.3) is 5.56 Å². The number of benzene rings is 3. The number of esters is 1. The van der Waals surface area contributed by atoms with Crippen LogP contribution in [0.5, 0.6) is 28.7 Å². The molecule has 1 unspecified atom stereocenters. The third-order valence-corrected chi connectivity index (χ3v) is 7.10. The van der Waals surface area contributed by atoms with Crippen LogP contribution >= 0.6 is 0 Å². The Morgan fingerprint density at radius 2 is 1.72 bits per heavy atom. The van der Waals surface area contributed by atoms with E-state index in [0.717, 1.165) is 5.39 Å². The topological polar surface area (TPSA) is 113 Å². The minimum atomic E-state index is -0.683. The summed E-state index contributed by atoms with van der Waals surface area (Å²) in [5, 5.41) is 0.744. The smallest absolute Gasteiger partial charge is 0.312 e. The summed E-state index contributed by atoms with van der Waals surface area (Å²) >= 11 is 0. The molecule has 1 atom stereocenters. The van der Waals surface area contributed by atoms with Crippen LogP contribution in [0.15, 0.2) is 65.2 Å². The predicted octanol–water partition coefficient (Wildman–Crippen LogP) is 4.37. The lowest BCUT2D eigenvalue weighted by Crippen LogP contribution is -2.26. The van der Waals surface area contributed by atoms with Crippen molar-refractivity contribution in [1.29, 1.82) is 0 Å². The molecule has 39 heavy (non-hydrogen) atoms. The Morgan fingerprint density at radius 1 is 0.897 bits per heavy atom. The minimum Gasteiger partial charge on any atom is -0.497 e. The van der Waals surface area contributed by atoms with Gasteiger partial charge in [0.05, 0.1) is 19.1 Å². The monoisotopic (exact) mass is 523 g/mol. The first-order chi connectivity index (χ1) is 19.0. The zero-order valence-electron chi connectivity index (χ0n) is 20.7. The van der Waals surface area contributed by atoms with E-state index in [1.807, 2.05) is 6.07 Å². The van der Waals surface area contributed by atoms with Gasteiger partial charge in [-0.2, -0.15) is 0 Å². The van der Waals surface area contributed by atoms with Crippen LogP contribution in [0.25, 0.3) is 17.0 Å². The fourth-order valence-electron chi connectivity index (χ4n) is 5.26. The number of carbonyl (C=O) groups is 2. The number of hydrogen-bond acceptors (Lipinski definition) is 8. The van der Waals surface area contributed by atoms with E-state index in [4.69, 9.17) is 23.7 Å². The van der Waals surface area contributed by atoms with E-state index in [1.165, 1.54) is 0 Å². The molecule has 1 aromatic heterocycles. The summed E-state index contributed by atoms with van der Waals surface area (Å²) in [6, 6.07) is 15.6. The number of H-pyrrole nitrogens is 1.